The molecule has 0 amide bonds. The normalized spacial score (nSPS) is 11.5. The molecule has 0 saturated heterocycles. The summed E-state index contributed by atoms with van der Waals surface area (Å²) in [5.74, 6) is 0.742. The molecule has 0 aliphatic rings. The number of halogens is 1. The van der Waals surface area contributed by atoms with E-state index in [0.29, 0.717) is 0 Å². The Morgan fingerprint density at radius 2 is 2.00 bits per heavy atom. The second kappa shape index (κ2) is 5.15. The molecule has 2 N–H and O–H groups in total. The molecule has 0 fully saturated rings. The molecule has 1 aromatic carbocycles. The van der Waals surface area contributed by atoms with Gasteiger partial charge in [-0.05, 0) is 44.9 Å². The standard InChI is InChI=1S/C13H20ClNO2/c1-8-6-10(17-5)12(9(2)11(8)14)15-13(3,4)7-16/h6,15-16H,7H2,1-5H3. The summed E-state index contributed by atoms with van der Waals surface area (Å²) in [6.07, 6.45) is 0. The highest BCUT2D eigenvalue weighted by molar-refractivity contribution is 6.32. The number of aryl methyl sites for hydroxylation is 1. The largest absolute Gasteiger partial charge is 0.495 e. The molecule has 17 heavy (non-hydrogen) atoms. The number of hydrogen-bond donors (Lipinski definition) is 2. The Kier molecular flexibility index (Phi) is 4.28. The van der Waals surface area contributed by atoms with Crippen LogP contribution >= 0.6 is 11.6 Å². The fourth-order valence-electron chi connectivity index (χ4n) is 1.62. The first kappa shape index (κ1) is 14.1. The third kappa shape index (κ3) is 3.05. The lowest BCUT2D eigenvalue weighted by molar-refractivity contribution is 0.233. The van der Waals surface area contributed by atoms with Crippen molar-refractivity contribution < 1.29 is 9.84 Å². The first-order valence-electron chi connectivity index (χ1n) is 5.55. The number of nitrogens with one attached hydrogen (secondary N) is 1. The third-order valence-corrected chi connectivity index (χ3v) is 3.30. The Morgan fingerprint density at radius 3 is 2.47 bits per heavy atom. The summed E-state index contributed by atoms with van der Waals surface area (Å²) >= 11 is 6.23. The van der Waals surface area contributed by atoms with Crippen LogP contribution in [0.3, 0.4) is 0 Å². The smallest absolute Gasteiger partial charge is 0.142 e. The van der Waals surface area contributed by atoms with Crippen LogP contribution in [-0.4, -0.2) is 24.4 Å². The molecule has 0 atom stereocenters. The van der Waals surface area contributed by atoms with Crippen LogP contribution in [0.1, 0.15) is 25.0 Å². The minimum absolute atomic E-state index is 0.0289. The molecule has 0 unspecified atom stereocenters. The highest BCUT2D eigenvalue weighted by Gasteiger charge is 2.21. The third-order valence-electron chi connectivity index (χ3n) is 2.72. The molecule has 1 rings (SSSR count). The van der Waals surface area contributed by atoms with Gasteiger partial charge < -0.3 is 15.2 Å². The van der Waals surface area contributed by atoms with Crippen LogP contribution in [0.25, 0.3) is 0 Å². The van der Waals surface area contributed by atoms with Gasteiger partial charge in [0.1, 0.15) is 5.75 Å². The summed E-state index contributed by atoms with van der Waals surface area (Å²) in [7, 11) is 1.62. The highest BCUT2D eigenvalue weighted by atomic mass is 35.5. The molecular weight excluding hydrogens is 238 g/mol. The predicted molar refractivity (Wildman–Crippen MR) is 72.3 cm³/mol. The van der Waals surface area contributed by atoms with Gasteiger partial charge in [0, 0.05) is 5.02 Å². The number of methoxy groups -OCH3 is 1. The molecule has 0 aromatic heterocycles. The molecule has 0 saturated carbocycles. The van der Waals surface area contributed by atoms with Crippen molar-refractivity contribution in [1.82, 2.24) is 0 Å². The van der Waals surface area contributed by atoms with Gasteiger partial charge in [-0.15, -0.1) is 0 Å². The molecule has 3 nitrogen and oxygen atoms in total. The van der Waals surface area contributed by atoms with Gasteiger partial charge in [0.2, 0.25) is 0 Å². The van der Waals surface area contributed by atoms with Gasteiger partial charge in [0.15, 0.2) is 0 Å². The van der Waals surface area contributed by atoms with Gasteiger partial charge in [0.05, 0.1) is 24.9 Å². The van der Waals surface area contributed by atoms with Crippen molar-refractivity contribution in [3.05, 3.63) is 22.2 Å². The summed E-state index contributed by atoms with van der Waals surface area (Å²) in [4.78, 5) is 0. The molecule has 0 aliphatic carbocycles. The molecule has 0 radical (unpaired) electrons. The second-order valence-corrected chi connectivity index (χ2v) is 5.25. The first-order valence-corrected chi connectivity index (χ1v) is 5.93. The lowest BCUT2D eigenvalue weighted by Crippen LogP contribution is -2.35. The summed E-state index contributed by atoms with van der Waals surface area (Å²) < 4.78 is 5.35. The Morgan fingerprint density at radius 1 is 1.41 bits per heavy atom. The van der Waals surface area contributed by atoms with E-state index in [0.717, 1.165) is 27.6 Å². The van der Waals surface area contributed by atoms with Crippen LogP contribution in [0.5, 0.6) is 5.75 Å². The van der Waals surface area contributed by atoms with E-state index < -0.39 is 5.54 Å². The fourth-order valence-corrected chi connectivity index (χ4v) is 1.77. The monoisotopic (exact) mass is 257 g/mol. The number of ether oxygens (including phenoxy) is 1. The van der Waals surface area contributed by atoms with Crippen LogP contribution in [0.15, 0.2) is 6.07 Å². The molecule has 96 valence electrons. The molecule has 1 aromatic rings. The fraction of sp³-hybridized carbons (Fsp3) is 0.538. The lowest BCUT2D eigenvalue weighted by atomic mass is 10.0. The van der Waals surface area contributed by atoms with Crippen molar-refractivity contribution in [2.24, 2.45) is 0 Å². The zero-order valence-corrected chi connectivity index (χ0v) is 11.8. The Bertz CT molecular complexity index is 416. The molecular formula is C13H20ClNO2. The van der Waals surface area contributed by atoms with Gasteiger partial charge in [-0.1, -0.05) is 11.6 Å². The topological polar surface area (TPSA) is 41.5 Å². The van der Waals surface area contributed by atoms with Crippen molar-refractivity contribution in [3.8, 4) is 5.75 Å². The van der Waals surface area contributed by atoms with Crippen LogP contribution in [0.2, 0.25) is 5.02 Å². The quantitative estimate of drug-likeness (QED) is 0.871. The maximum atomic E-state index is 9.30. The number of aliphatic hydroxyl groups is 1. The summed E-state index contributed by atoms with van der Waals surface area (Å²) in [6, 6.07) is 1.89. The average molecular weight is 258 g/mol. The van der Waals surface area contributed by atoms with Gasteiger partial charge in [-0.25, -0.2) is 0 Å². The van der Waals surface area contributed by atoms with E-state index in [9.17, 15) is 5.11 Å². The van der Waals surface area contributed by atoms with Crippen LogP contribution in [-0.2, 0) is 0 Å². The number of benzene rings is 1. The van der Waals surface area contributed by atoms with Crippen LogP contribution in [0, 0.1) is 13.8 Å². The van der Waals surface area contributed by atoms with Gasteiger partial charge >= 0.3 is 0 Å². The zero-order chi connectivity index (χ0) is 13.2. The molecule has 0 heterocycles. The number of rotatable bonds is 4. The minimum atomic E-state index is -0.420. The van der Waals surface area contributed by atoms with Crippen LogP contribution in [0.4, 0.5) is 5.69 Å². The van der Waals surface area contributed by atoms with E-state index in [2.05, 4.69) is 5.32 Å². The second-order valence-electron chi connectivity index (χ2n) is 4.88. The number of hydrogen-bond acceptors (Lipinski definition) is 3. The first-order chi connectivity index (χ1) is 7.82. The maximum Gasteiger partial charge on any atom is 0.142 e. The highest BCUT2D eigenvalue weighted by Crippen LogP contribution is 2.37. The molecule has 4 heteroatoms. The van der Waals surface area contributed by atoms with E-state index in [1.165, 1.54) is 0 Å². The summed E-state index contributed by atoms with van der Waals surface area (Å²) in [5.41, 5.74) is 2.33. The van der Waals surface area contributed by atoms with E-state index in [-0.39, 0.29) is 6.61 Å². The SMILES string of the molecule is COc1cc(C)c(Cl)c(C)c1NC(C)(C)CO. The Labute approximate surface area is 108 Å². The van der Waals surface area contributed by atoms with Crippen molar-refractivity contribution in [1.29, 1.82) is 0 Å². The molecule has 0 aliphatic heterocycles. The minimum Gasteiger partial charge on any atom is -0.495 e. The van der Waals surface area contributed by atoms with E-state index >= 15 is 0 Å². The van der Waals surface area contributed by atoms with Crippen molar-refractivity contribution in [2.45, 2.75) is 33.2 Å². The van der Waals surface area contributed by atoms with Crippen molar-refractivity contribution in [2.75, 3.05) is 19.0 Å². The van der Waals surface area contributed by atoms with E-state index in [1.54, 1.807) is 7.11 Å². The van der Waals surface area contributed by atoms with Gasteiger partial charge in [-0.2, -0.15) is 0 Å². The van der Waals surface area contributed by atoms with Gasteiger partial charge in [-0.3, -0.25) is 0 Å². The van der Waals surface area contributed by atoms with Gasteiger partial charge in [0.25, 0.3) is 0 Å². The Hall–Kier alpha value is -0.930. The molecule has 0 spiro atoms. The summed E-state index contributed by atoms with van der Waals surface area (Å²) in [5, 5.41) is 13.3. The van der Waals surface area contributed by atoms with Crippen LogP contribution < -0.4 is 10.1 Å². The maximum absolute atomic E-state index is 9.30. The summed E-state index contributed by atoms with van der Waals surface area (Å²) in [6.45, 7) is 7.74. The average Bonchev–Trinajstić information content (AvgIpc) is 2.29. The zero-order valence-electron chi connectivity index (χ0n) is 11.0. The number of anilines is 1. The Balaban J connectivity index is 3.27. The van der Waals surface area contributed by atoms with Crippen molar-refractivity contribution in [3.63, 3.8) is 0 Å². The molecule has 0 bridgehead atoms. The van der Waals surface area contributed by atoms with E-state index in [1.807, 2.05) is 33.8 Å². The number of aliphatic hydroxyl groups excluding tert-OH is 1. The predicted octanol–water partition coefficient (Wildman–Crippen LogP) is 3.15. The van der Waals surface area contributed by atoms with E-state index in [4.69, 9.17) is 16.3 Å². The lowest BCUT2D eigenvalue weighted by Gasteiger charge is -2.28. The van der Waals surface area contributed by atoms with Crippen molar-refractivity contribution >= 4 is 17.3 Å².